The number of nitrogens with one attached hydrogen (secondary N) is 1. The van der Waals surface area contributed by atoms with Gasteiger partial charge in [-0.05, 0) is 55.5 Å². The van der Waals surface area contributed by atoms with Crippen LogP contribution in [-0.2, 0) is 6.54 Å². The second-order valence-electron chi connectivity index (χ2n) is 7.19. The third kappa shape index (κ3) is 4.16. The number of carbonyl (C=O) groups excluding carboxylic acids is 2. The van der Waals surface area contributed by atoms with E-state index in [1.807, 2.05) is 55.5 Å². The van der Waals surface area contributed by atoms with Gasteiger partial charge in [-0.2, -0.15) is 0 Å². The van der Waals surface area contributed by atoms with E-state index >= 15 is 0 Å². The van der Waals surface area contributed by atoms with Crippen LogP contribution >= 0.6 is 11.8 Å². The number of rotatable bonds is 6. The van der Waals surface area contributed by atoms with Crippen molar-refractivity contribution in [3.05, 3.63) is 77.4 Å². The van der Waals surface area contributed by atoms with Gasteiger partial charge in [0.15, 0.2) is 0 Å². The lowest BCUT2D eigenvalue weighted by Crippen LogP contribution is -2.31. The molecule has 164 valence electrons. The minimum Gasteiger partial charge on any atom is -0.497 e. The van der Waals surface area contributed by atoms with Crippen molar-refractivity contribution in [1.82, 2.24) is 5.32 Å². The number of ether oxygens (including phenoxy) is 2. The fourth-order valence-electron chi connectivity index (χ4n) is 3.67. The van der Waals surface area contributed by atoms with E-state index in [9.17, 15) is 9.59 Å². The number of amides is 2. The summed E-state index contributed by atoms with van der Waals surface area (Å²) in [6.45, 7) is 2.72. The molecule has 0 fully saturated rings. The molecule has 0 spiro atoms. The Hall–Kier alpha value is -3.45. The molecule has 0 radical (unpaired) electrons. The zero-order valence-electron chi connectivity index (χ0n) is 18.2. The summed E-state index contributed by atoms with van der Waals surface area (Å²) in [5.74, 6) is 1.07. The van der Waals surface area contributed by atoms with Crippen LogP contribution < -0.4 is 19.7 Å². The predicted molar refractivity (Wildman–Crippen MR) is 125 cm³/mol. The second kappa shape index (κ2) is 9.36. The molecule has 0 aromatic heterocycles. The topological polar surface area (TPSA) is 67.9 Å². The van der Waals surface area contributed by atoms with E-state index in [2.05, 4.69) is 5.32 Å². The van der Waals surface area contributed by atoms with Crippen LogP contribution in [0.2, 0.25) is 0 Å². The number of anilines is 1. The average Bonchev–Trinajstić information content (AvgIpc) is 2.95. The van der Waals surface area contributed by atoms with Crippen molar-refractivity contribution in [3.8, 4) is 11.5 Å². The molecule has 0 saturated heterocycles. The molecule has 1 N–H and O–H groups in total. The van der Waals surface area contributed by atoms with Crippen molar-refractivity contribution in [1.29, 1.82) is 0 Å². The molecule has 3 aromatic rings. The van der Waals surface area contributed by atoms with Gasteiger partial charge in [-0.25, -0.2) is 0 Å². The van der Waals surface area contributed by atoms with Gasteiger partial charge in [-0.1, -0.05) is 23.9 Å². The average molecular weight is 449 g/mol. The summed E-state index contributed by atoms with van der Waals surface area (Å²) in [6.07, 6.45) is 0. The van der Waals surface area contributed by atoms with E-state index in [0.717, 1.165) is 21.0 Å². The third-order valence-corrected chi connectivity index (χ3v) is 6.48. The van der Waals surface area contributed by atoms with Gasteiger partial charge in [0.25, 0.3) is 11.8 Å². The lowest BCUT2D eigenvalue weighted by Gasteiger charge is -2.21. The van der Waals surface area contributed by atoms with Gasteiger partial charge in [0.1, 0.15) is 11.5 Å². The molecule has 0 bridgehead atoms. The SMILES string of the molecule is CCN1C(=O)c2ccccc2Sc2ccc(C(=O)NCc3cc(OC)ccc3OC)cc21. The molecule has 7 heteroatoms. The standard InChI is InChI=1S/C25H24N2O4S/c1-4-27-20-14-16(9-12-23(20)32-22-8-6-5-7-19(22)25(27)29)24(28)26-15-17-13-18(30-2)10-11-21(17)31-3/h5-14H,4,15H2,1-3H3,(H,26,28). The molecular formula is C25H24N2O4S. The molecular weight excluding hydrogens is 424 g/mol. The van der Waals surface area contributed by atoms with Crippen LogP contribution in [-0.4, -0.2) is 32.6 Å². The Kier molecular flexibility index (Phi) is 6.37. The van der Waals surface area contributed by atoms with E-state index < -0.39 is 0 Å². The zero-order valence-corrected chi connectivity index (χ0v) is 19.0. The van der Waals surface area contributed by atoms with Crippen LogP contribution in [0.3, 0.4) is 0 Å². The van der Waals surface area contributed by atoms with Crippen LogP contribution in [0.4, 0.5) is 5.69 Å². The highest BCUT2D eigenvalue weighted by Crippen LogP contribution is 2.41. The van der Waals surface area contributed by atoms with Crippen molar-refractivity contribution in [2.75, 3.05) is 25.7 Å². The van der Waals surface area contributed by atoms with E-state index in [-0.39, 0.29) is 18.4 Å². The highest BCUT2D eigenvalue weighted by molar-refractivity contribution is 7.99. The minimum absolute atomic E-state index is 0.0620. The van der Waals surface area contributed by atoms with Crippen LogP contribution in [0.15, 0.2) is 70.5 Å². The van der Waals surface area contributed by atoms with Crippen LogP contribution in [0.25, 0.3) is 0 Å². The van der Waals surface area contributed by atoms with Gasteiger partial charge < -0.3 is 19.7 Å². The third-order valence-electron chi connectivity index (χ3n) is 5.34. The Balaban J connectivity index is 1.60. The first kappa shape index (κ1) is 21.8. The molecule has 0 unspecified atom stereocenters. The van der Waals surface area contributed by atoms with Gasteiger partial charge in [0.2, 0.25) is 0 Å². The predicted octanol–water partition coefficient (Wildman–Crippen LogP) is 4.77. The molecule has 0 aliphatic carbocycles. The molecule has 4 rings (SSSR count). The number of hydrogen-bond acceptors (Lipinski definition) is 5. The van der Waals surface area contributed by atoms with Crippen molar-refractivity contribution < 1.29 is 19.1 Å². The Morgan fingerprint density at radius 1 is 1.00 bits per heavy atom. The molecule has 1 heterocycles. The van der Waals surface area contributed by atoms with Crippen molar-refractivity contribution in [2.45, 2.75) is 23.3 Å². The van der Waals surface area contributed by atoms with Crippen LogP contribution in [0.1, 0.15) is 33.2 Å². The summed E-state index contributed by atoms with van der Waals surface area (Å²) in [7, 11) is 3.18. The van der Waals surface area contributed by atoms with E-state index in [1.165, 1.54) is 0 Å². The highest BCUT2D eigenvalue weighted by atomic mass is 32.2. The number of hydrogen-bond donors (Lipinski definition) is 1. The fraction of sp³-hybridized carbons (Fsp3) is 0.200. The first-order valence-electron chi connectivity index (χ1n) is 10.3. The van der Waals surface area contributed by atoms with Gasteiger partial charge in [0.05, 0.1) is 25.5 Å². The van der Waals surface area contributed by atoms with Crippen LogP contribution in [0.5, 0.6) is 11.5 Å². The summed E-state index contributed by atoms with van der Waals surface area (Å²) >= 11 is 1.54. The number of fused-ring (bicyclic) bond motifs is 2. The zero-order chi connectivity index (χ0) is 22.7. The molecule has 0 atom stereocenters. The smallest absolute Gasteiger partial charge is 0.259 e. The molecule has 32 heavy (non-hydrogen) atoms. The fourth-order valence-corrected chi connectivity index (χ4v) is 4.73. The first-order valence-corrected chi connectivity index (χ1v) is 11.1. The Morgan fingerprint density at radius 2 is 1.81 bits per heavy atom. The molecule has 0 saturated carbocycles. The monoisotopic (exact) mass is 448 g/mol. The summed E-state index contributed by atoms with van der Waals surface area (Å²) in [6, 6.07) is 18.5. The van der Waals surface area contributed by atoms with Crippen molar-refractivity contribution in [2.24, 2.45) is 0 Å². The number of methoxy groups -OCH3 is 2. The normalized spacial score (nSPS) is 12.5. The second-order valence-corrected chi connectivity index (χ2v) is 8.27. The molecule has 1 aliphatic heterocycles. The van der Waals surface area contributed by atoms with Crippen molar-refractivity contribution >= 4 is 29.3 Å². The molecule has 6 nitrogen and oxygen atoms in total. The number of nitrogens with zero attached hydrogens (tertiary/aromatic N) is 1. The Labute approximate surface area is 191 Å². The summed E-state index contributed by atoms with van der Waals surface area (Å²) in [5, 5.41) is 2.94. The maximum absolute atomic E-state index is 13.1. The van der Waals surface area contributed by atoms with Gasteiger partial charge in [-0.3, -0.25) is 9.59 Å². The summed E-state index contributed by atoms with van der Waals surface area (Å²) < 4.78 is 10.7. The van der Waals surface area contributed by atoms with E-state index in [1.54, 1.807) is 43.0 Å². The lowest BCUT2D eigenvalue weighted by molar-refractivity contribution is 0.0947. The first-order chi connectivity index (χ1) is 15.5. The van der Waals surface area contributed by atoms with Gasteiger partial charge in [0, 0.05) is 34.0 Å². The Bertz CT molecular complexity index is 1180. The summed E-state index contributed by atoms with van der Waals surface area (Å²) in [5.41, 5.74) is 2.71. The van der Waals surface area contributed by atoms with E-state index in [0.29, 0.717) is 29.2 Å². The van der Waals surface area contributed by atoms with Crippen molar-refractivity contribution in [3.63, 3.8) is 0 Å². The molecule has 3 aromatic carbocycles. The van der Waals surface area contributed by atoms with Gasteiger partial charge in [-0.15, -0.1) is 0 Å². The van der Waals surface area contributed by atoms with Crippen LogP contribution in [0, 0.1) is 0 Å². The maximum Gasteiger partial charge on any atom is 0.259 e. The quantitative estimate of drug-likeness (QED) is 0.589. The Morgan fingerprint density at radius 3 is 2.56 bits per heavy atom. The minimum atomic E-state index is -0.229. The largest absolute Gasteiger partial charge is 0.497 e. The maximum atomic E-state index is 13.1. The van der Waals surface area contributed by atoms with E-state index in [4.69, 9.17) is 9.47 Å². The van der Waals surface area contributed by atoms with Gasteiger partial charge >= 0.3 is 0 Å². The molecule has 2 amide bonds. The number of carbonyl (C=O) groups is 2. The molecule has 1 aliphatic rings. The number of benzene rings is 3. The lowest BCUT2D eigenvalue weighted by atomic mass is 10.1. The summed E-state index contributed by atoms with van der Waals surface area (Å²) in [4.78, 5) is 29.7. The highest BCUT2D eigenvalue weighted by Gasteiger charge is 2.27.